The third kappa shape index (κ3) is 7.64. The fraction of sp³-hybridized carbons (Fsp3) is 0.714. The number of halogens is 1. The highest BCUT2D eigenvalue weighted by Gasteiger charge is 1.95. The first-order valence-corrected chi connectivity index (χ1v) is 7.83. The summed E-state index contributed by atoms with van der Waals surface area (Å²) in [6.07, 6.45) is 14.3. The highest BCUT2D eigenvalue weighted by molar-refractivity contribution is 9.10. The zero-order chi connectivity index (χ0) is 13.1. The average molecular weight is 314 g/mol. The van der Waals surface area contributed by atoms with Crippen LogP contribution in [-0.2, 0) is 0 Å². The smallest absolute Gasteiger partial charge is 0.222 e. The molecule has 102 valence electrons. The van der Waals surface area contributed by atoms with E-state index in [0.29, 0.717) is 0 Å². The standard InChI is InChI=1S/C14H24BrN3/c1-2-3-4-5-6-7-8-9-10-16-14-17-11-13(15)12-18-14/h11-12H,2-10H2,1H3,(H,16,17,18). The molecule has 0 fully saturated rings. The van der Waals surface area contributed by atoms with Gasteiger partial charge in [0, 0.05) is 18.9 Å². The Morgan fingerprint density at radius 3 is 2.11 bits per heavy atom. The van der Waals surface area contributed by atoms with Crippen LogP contribution in [0.1, 0.15) is 58.3 Å². The lowest BCUT2D eigenvalue weighted by Crippen LogP contribution is -2.04. The first kappa shape index (κ1) is 15.4. The molecule has 1 aromatic heterocycles. The second-order valence-corrected chi connectivity index (χ2v) is 5.54. The van der Waals surface area contributed by atoms with E-state index in [2.05, 4.69) is 38.1 Å². The molecule has 0 unspecified atom stereocenters. The fourth-order valence-electron chi connectivity index (χ4n) is 1.86. The zero-order valence-electron chi connectivity index (χ0n) is 11.3. The van der Waals surface area contributed by atoms with Crippen LogP contribution in [0.25, 0.3) is 0 Å². The summed E-state index contributed by atoms with van der Waals surface area (Å²) in [5, 5.41) is 3.24. The van der Waals surface area contributed by atoms with Crippen molar-refractivity contribution in [1.29, 1.82) is 0 Å². The molecule has 0 saturated carbocycles. The van der Waals surface area contributed by atoms with Crippen molar-refractivity contribution in [2.45, 2.75) is 58.3 Å². The number of hydrogen-bond donors (Lipinski definition) is 1. The summed E-state index contributed by atoms with van der Waals surface area (Å²) in [7, 11) is 0. The van der Waals surface area contributed by atoms with Crippen LogP contribution < -0.4 is 5.32 Å². The van der Waals surface area contributed by atoms with Crippen molar-refractivity contribution in [3.63, 3.8) is 0 Å². The molecule has 4 heteroatoms. The molecule has 1 aromatic rings. The van der Waals surface area contributed by atoms with Crippen LogP contribution in [-0.4, -0.2) is 16.5 Å². The predicted octanol–water partition coefficient (Wildman–Crippen LogP) is 4.79. The van der Waals surface area contributed by atoms with Crippen molar-refractivity contribution < 1.29 is 0 Å². The lowest BCUT2D eigenvalue weighted by molar-refractivity contribution is 0.581. The van der Waals surface area contributed by atoms with Crippen molar-refractivity contribution in [3.05, 3.63) is 16.9 Å². The van der Waals surface area contributed by atoms with Crippen molar-refractivity contribution in [2.24, 2.45) is 0 Å². The van der Waals surface area contributed by atoms with Crippen LogP contribution in [0.2, 0.25) is 0 Å². The normalized spacial score (nSPS) is 10.6. The summed E-state index contributed by atoms with van der Waals surface area (Å²) in [4.78, 5) is 8.35. The van der Waals surface area contributed by atoms with Gasteiger partial charge in [-0.15, -0.1) is 0 Å². The number of aromatic nitrogens is 2. The summed E-state index contributed by atoms with van der Waals surface area (Å²) in [5.74, 6) is 0.723. The molecule has 1 rings (SSSR count). The quantitative estimate of drug-likeness (QED) is 0.631. The van der Waals surface area contributed by atoms with Gasteiger partial charge in [-0.2, -0.15) is 0 Å². The second-order valence-electron chi connectivity index (χ2n) is 4.63. The number of nitrogens with zero attached hydrogens (tertiary/aromatic N) is 2. The van der Waals surface area contributed by atoms with E-state index < -0.39 is 0 Å². The van der Waals surface area contributed by atoms with E-state index >= 15 is 0 Å². The van der Waals surface area contributed by atoms with E-state index in [1.54, 1.807) is 12.4 Å². The number of anilines is 1. The third-order valence-corrected chi connectivity index (χ3v) is 3.34. The molecule has 0 aromatic carbocycles. The molecular weight excluding hydrogens is 290 g/mol. The molecule has 0 bridgehead atoms. The molecule has 0 aliphatic carbocycles. The van der Waals surface area contributed by atoms with Gasteiger partial charge in [-0.05, 0) is 22.4 Å². The molecule has 0 aliphatic rings. The average Bonchev–Trinajstić information content (AvgIpc) is 2.39. The van der Waals surface area contributed by atoms with E-state index in [1.165, 1.54) is 51.4 Å². The molecule has 0 spiro atoms. The third-order valence-electron chi connectivity index (χ3n) is 2.93. The monoisotopic (exact) mass is 313 g/mol. The van der Waals surface area contributed by atoms with Crippen LogP contribution in [0.4, 0.5) is 5.95 Å². The van der Waals surface area contributed by atoms with Crippen LogP contribution in [0.15, 0.2) is 16.9 Å². The molecule has 0 atom stereocenters. The lowest BCUT2D eigenvalue weighted by atomic mass is 10.1. The Balaban J connectivity index is 1.91. The first-order valence-electron chi connectivity index (χ1n) is 7.04. The Bertz CT molecular complexity index is 300. The van der Waals surface area contributed by atoms with Crippen LogP contribution in [0.5, 0.6) is 0 Å². The fourth-order valence-corrected chi connectivity index (χ4v) is 2.07. The van der Waals surface area contributed by atoms with Gasteiger partial charge < -0.3 is 5.32 Å². The molecule has 0 amide bonds. The minimum atomic E-state index is 0.723. The number of unbranched alkanes of at least 4 members (excludes halogenated alkanes) is 7. The summed E-state index contributed by atoms with van der Waals surface area (Å²) < 4.78 is 0.917. The Morgan fingerprint density at radius 1 is 0.944 bits per heavy atom. The van der Waals surface area contributed by atoms with Crippen molar-refractivity contribution in [1.82, 2.24) is 9.97 Å². The minimum absolute atomic E-state index is 0.723. The first-order chi connectivity index (χ1) is 8.83. The number of nitrogens with one attached hydrogen (secondary N) is 1. The topological polar surface area (TPSA) is 37.8 Å². The van der Waals surface area contributed by atoms with Gasteiger partial charge in [0.2, 0.25) is 5.95 Å². The van der Waals surface area contributed by atoms with Gasteiger partial charge in [0.25, 0.3) is 0 Å². The van der Waals surface area contributed by atoms with Gasteiger partial charge >= 0.3 is 0 Å². The number of rotatable bonds is 10. The van der Waals surface area contributed by atoms with E-state index in [4.69, 9.17) is 0 Å². The lowest BCUT2D eigenvalue weighted by Gasteiger charge is -2.04. The Morgan fingerprint density at radius 2 is 1.50 bits per heavy atom. The summed E-state index contributed by atoms with van der Waals surface area (Å²) in [6.45, 7) is 3.23. The molecular formula is C14H24BrN3. The van der Waals surface area contributed by atoms with Crippen molar-refractivity contribution >= 4 is 21.9 Å². The van der Waals surface area contributed by atoms with Crippen molar-refractivity contribution in [3.8, 4) is 0 Å². The Kier molecular flexibility index (Phi) is 8.82. The van der Waals surface area contributed by atoms with E-state index in [0.717, 1.165) is 17.0 Å². The van der Waals surface area contributed by atoms with Gasteiger partial charge in [0.15, 0.2) is 0 Å². The van der Waals surface area contributed by atoms with E-state index in [9.17, 15) is 0 Å². The molecule has 1 N–H and O–H groups in total. The molecule has 0 radical (unpaired) electrons. The van der Waals surface area contributed by atoms with Crippen LogP contribution in [0.3, 0.4) is 0 Å². The molecule has 1 heterocycles. The Labute approximate surface area is 119 Å². The van der Waals surface area contributed by atoms with Gasteiger partial charge in [-0.3, -0.25) is 0 Å². The molecule has 3 nitrogen and oxygen atoms in total. The maximum atomic E-state index is 4.18. The summed E-state index contributed by atoms with van der Waals surface area (Å²) in [5.41, 5.74) is 0. The largest absolute Gasteiger partial charge is 0.354 e. The predicted molar refractivity (Wildman–Crippen MR) is 80.8 cm³/mol. The number of hydrogen-bond acceptors (Lipinski definition) is 3. The second kappa shape index (κ2) is 10.3. The van der Waals surface area contributed by atoms with Gasteiger partial charge in [0.05, 0.1) is 4.47 Å². The highest BCUT2D eigenvalue weighted by Crippen LogP contribution is 2.09. The van der Waals surface area contributed by atoms with Crippen LogP contribution in [0, 0.1) is 0 Å². The minimum Gasteiger partial charge on any atom is -0.354 e. The maximum Gasteiger partial charge on any atom is 0.222 e. The highest BCUT2D eigenvalue weighted by atomic mass is 79.9. The zero-order valence-corrected chi connectivity index (χ0v) is 12.9. The maximum absolute atomic E-state index is 4.18. The van der Waals surface area contributed by atoms with Crippen LogP contribution >= 0.6 is 15.9 Å². The van der Waals surface area contributed by atoms with E-state index in [1.807, 2.05) is 0 Å². The van der Waals surface area contributed by atoms with Gasteiger partial charge in [-0.1, -0.05) is 51.9 Å². The van der Waals surface area contributed by atoms with Gasteiger partial charge in [-0.25, -0.2) is 9.97 Å². The van der Waals surface area contributed by atoms with Gasteiger partial charge in [0.1, 0.15) is 0 Å². The van der Waals surface area contributed by atoms with Crippen molar-refractivity contribution in [2.75, 3.05) is 11.9 Å². The SMILES string of the molecule is CCCCCCCCCCNc1ncc(Br)cn1. The Hall–Kier alpha value is -0.640. The summed E-state index contributed by atoms with van der Waals surface area (Å²) in [6, 6.07) is 0. The van der Waals surface area contributed by atoms with E-state index in [-0.39, 0.29) is 0 Å². The molecule has 18 heavy (non-hydrogen) atoms. The molecule has 0 saturated heterocycles. The summed E-state index contributed by atoms with van der Waals surface area (Å²) >= 11 is 3.32. The molecule has 0 aliphatic heterocycles.